The Labute approximate surface area is 177 Å². The monoisotopic (exact) mass is 426 g/mol. The van der Waals surface area contributed by atoms with Gasteiger partial charge in [-0.25, -0.2) is 4.68 Å². The number of carbonyl (C=O) groups excluding carboxylic acids is 3. The Hall–Kier alpha value is -3.15. The average molecular weight is 426 g/mol. The van der Waals surface area contributed by atoms with Crippen LogP contribution in [0.5, 0.6) is 0 Å². The summed E-state index contributed by atoms with van der Waals surface area (Å²) >= 11 is 0. The van der Waals surface area contributed by atoms with Crippen molar-refractivity contribution in [1.29, 1.82) is 0 Å². The number of piperidine rings is 1. The summed E-state index contributed by atoms with van der Waals surface area (Å²) in [6.45, 7) is 1.57. The fourth-order valence-corrected chi connectivity index (χ4v) is 4.32. The van der Waals surface area contributed by atoms with Gasteiger partial charge in [-0.1, -0.05) is 5.21 Å². The van der Waals surface area contributed by atoms with Crippen LogP contribution in [0.2, 0.25) is 0 Å². The summed E-state index contributed by atoms with van der Waals surface area (Å²) in [5, 5.41) is 23.9. The first kappa shape index (κ1) is 19.8. The van der Waals surface area contributed by atoms with E-state index >= 15 is 0 Å². The van der Waals surface area contributed by atoms with Crippen LogP contribution in [-0.2, 0) is 26.4 Å². The topological polar surface area (TPSA) is 139 Å². The highest BCUT2D eigenvalue weighted by atomic mass is 16.5. The van der Waals surface area contributed by atoms with Gasteiger partial charge in [0.2, 0.25) is 11.8 Å². The van der Waals surface area contributed by atoms with E-state index in [2.05, 4.69) is 20.9 Å². The molecule has 4 heterocycles. The second kappa shape index (κ2) is 7.52. The first-order valence-corrected chi connectivity index (χ1v) is 10.2. The summed E-state index contributed by atoms with van der Waals surface area (Å²) in [5.41, 5.74) is 1.78. The molecule has 162 valence electrons. The Morgan fingerprint density at radius 1 is 1.29 bits per heavy atom. The lowest BCUT2D eigenvalue weighted by Crippen LogP contribution is -2.54. The molecule has 0 saturated carbocycles. The van der Waals surface area contributed by atoms with Crippen LogP contribution in [0.1, 0.15) is 34.5 Å². The Bertz CT molecular complexity index is 1060. The van der Waals surface area contributed by atoms with Gasteiger partial charge < -0.3 is 14.7 Å². The molecule has 2 saturated heterocycles. The number of aromatic nitrogens is 3. The second-order valence-electron chi connectivity index (χ2n) is 8.01. The number of benzene rings is 1. The van der Waals surface area contributed by atoms with Crippen molar-refractivity contribution in [3.05, 3.63) is 41.2 Å². The highest BCUT2D eigenvalue weighted by molar-refractivity contribution is 6.05. The van der Waals surface area contributed by atoms with E-state index in [1.807, 2.05) is 6.07 Å². The van der Waals surface area contributed by atoms with E-state index in [0.29, 0.717) is 43.1 Å². The van der Waals surface area contributed by atoms with Gasteiger partial charge in [-0.05, 0) is 30.2 Å². The second-order valence-corrected chi connectivity index (χ2v) is 8.01. The summed E-state index contributed by atoms with van der Waals surface area (Å²) < 4.78 is 7.09. The van der Waals surface area contributed by atoms with Crippen molar-refractivity contribution in [1.82, 2.24) is 30.5 Å². The number of ether oxygens (including phenoxy) is 1. The Morgan fingerprint density at radius 2 is 2.16 bits per heavy atom. The van der Waals surface area contributed by atoms with Gasteiger partial charge >= 0.3 is 0 Å². The standard InChI is InChI=1S/C20H22N6O5/c27-10-20(11-31-6-5-21-20)16-9-26(24-23-16)13-1-2-14-12(7-13)8-25(19(14)30)15-3-4-17(28)22-18(15)29/h1-2,7,9,15,21,27H,3-6,8,10-11H2,(H,22,28,29). The summed E-state index contributed by atoms with van der Waals surface area (Å²) in [7, 11) is 0. The number of aliphatic hydroxyl groups excluding tert-OH is 1. The molecule has 11 heteroatoms. The van der Waals surface area contributed by atoms with E-state index in [4.69, 9.17) is 4.74 Å². The zero-order valence-electron chi connectivity index (χ0n) is 16.7. The molecular weight excluding hydrogens is 404 g/mol. The lowest BCUT2D eigenvalue weighted by atomic mass is 9.97. The van der Waals surface area contributed by atoms with E-state index in [0.717, 1.165) is 5.56 Å². The van der Waals surface area contributed by atoms with E-state index in [9.17, 15) is 19.5 Å². The Morgan fingerprint density at radius 3 is 2.90 bits per heavy atom. The maximum Gasteiger partial charge on any atom is 0.255 e. The summed E-state index contributed by atoms with van der Waals surface area (Å²) in [5.74, 6) is -0.971. The number of fused-ring (bicyclic) bond motifs is 1. The third-order valence-corrected chi connectivity index (χ3v) is 6.08. The fourth-order valence-electron chi connectivity index (χ4n) is 4.32. The molecule has 0 aliphatic carbocycles. The molecule has 1 aromatic carbocycles. The van der Waals surface area contributed by atoms with Gasteiger partial charge in [-0.2, -0.15) is 0 Å². The normalized spacial score (nSPS) is 26.2. The van der Waals surface area contributed by atoms with Crippen molar-refractivity contribution >= 4 is 17.7 Å². The number of carbonyl (C=O) groups is 3. The summed E-state index contributed by atoms with van der Waals surface area (Å²) in [6.07, 6.45) is 2.27. The smallest absolute Gasteiger partial charge is 0.255 e. The van der Waals surface area contributed by atoms with E-state index in [-0.39, 0.29) is 31.4 Å². The van der Waals surface area contributed by atoms with Crippen molar-refractivity contribution in [3.63, 3.8) is 0 Å². The molecule has 3 N–H and O–H groups in total. The van der Waals surface area contributed by atoms with Crippen LogP contribution >= 0.6 is 0 Å². The highest BCUT2D eigenvalue weighted by Crippen LogP contribution is 2.29. The number of amides is 3. The van der Waals surface area contributed by atoms with Crippen LogP contribution in [0, 0.1) is 0 Å². The first-order chi connectivity index (χ1) is 15.0. The molecule has 2 unspecified atom stereocenters. The predicted octanol–water partition coefficient (Wildman–Crippen LogP) is -1.16. The quantitative estimate of drug-likeness (QED) is 0.520. The average Bonchev–Trinajstić information content (AvgIpc) is 3.40. The number of hydrogen-bond donors (Lipinski definition) is 3. The predicted molar refractivity (Wildman–Crippen MR) is 105 cm³/mol. The van der Waals surface area contributed by atoms with Crippen molar-refractivity contribution in [3.8, 4) is 5.69 Å². The lowest BCUT2D eigenvalue weighted by molar-refractivity contribution is -0.136. The zero-order valence-corrected chi connectivity index (χ0v) is 16.7. The number of rotatable bonds is 4. The maximum atomic E-state index is 12.8. The SMILES string of the molecule is O=C1CCC(N2Cc3cc(-n4cc(C5(CO)COCCN5)nn4)ccc3C2=O)C(=O)N1. The van der Waals surface area contributed by atoms with Crippen LogP contribution in [0.3, 0.4) is 0 Å². The van der Waals surface area contributed by atoms with Gasteiger partial charge in [-0.15, -0.1) is 5.10 Å². The molecule has 2 aromatic rings. The van der Waals surface area contributed by atoms with Crippen LogP contribution in [-0.4, -0.2) is 75.1 Å². The Balaban J connectivity index is 1.39. The third-order valence-electron chi connectivity index (χ3n) is 6.08. The van der Waals surface area contributed by atoms with Crippen LogP contribution in [0.4, 0.5) is 0 Å². The van der Waals surface area contributed by atoms with Gasteiger partial charge in [0, 0.05) is 25.1 Å². The molecule has 0 radical (unpaired) electrons. The number of nitrogens with zero attached hydrogens (tertiary/aromatic N) is 4. The minimum atomic E-state index is -0.800. The molecule has 3 amide bonds. The zero-order chi connectivity index (χ0) is 21.6. The molecule has 0 spiro atoms. The van der Waals surface area contributed by atoms with Gasteiger partial charge in [0.25, 0.3) is 5.91 Å². The number of aliphatic hydroxyl groups is 1. The fraction of sp³-hybridized carbons (Fsp3) is 0.450. The van der Waals surface area contributed by atoms with Gasteiger partial charge in [-0.3, -0.25) is 25.0 Å². The van der Waals surface area contributed by atoms with Crippen LogP contribution in [0.25, 0.3) is 5.69 Å². The molecule has 31 heavy (non-hydrogen) atoms. The number of nitrogens with one attached hydrogen (secondary N) is 2. The van der Waals surface area contributed by atoms with Gasteiger partial charge in [0.15, 0.2) is 0 Å². The number of morpholine rings is 1. The minimum absolute atomic E-state index is 0.175. The first-order valence-electron chi connectivity index (χ1n) is 10.2. The molecular formula is C20H22N6O5. The molecule has 3 aliphatic heterocycles. The number of hydrogen-bond acceptors (Lipinski definition) is 8. The highest BCUT2D eigenvalue weighted by Gasteiger charge is 2.40. The van der Waals surface area contributed by atoms with Gasteiger partial charge in [0.05, 0.1) is 31.7 Å². The maximum absolute atomic E-state index is 12.8. The van der Waals surface area contributed by atoms with Crippen molar-refractivity contribution in [2.75, 3.05) is 26.4 Å². The summed E-state index contributed by atoms with van der Waals surface area (Å²) in [4.78, 5) is 38.0. The number of imide groups is 1. The molecule has 11 nitrogen and oxygen atoms in total. The lowest BCUT2D eigenvalue weighted by Gasteiger charge is -2.34. The molecule has 0 bridgehead atoms. The van der Waals surface area contributed by atoms with Crippen LogP contribution in [0.15, 0.2) is 24.4 Å². The summed E-state index contributed by atoms with van der Waals surface area (Å²) in [6, 6.07) is 4.67. The minimum Gasteiger partial charge on any atom is -0.394 e. The van der Waals surface area contributed by atoms with Crippen molar-refractivity contribution < 1.29 is 24.2 Å². The molecule has 2 atom stereocenters. The van der Waals surface area contributed by atoms with Gasteiger partial charge in [0.1, 0.15) is 17.3 Å². The Kier molecular flexibility index (Phi) is 4.80. The molecule has 1 aromatic heterocycles. The van der Waals surface area contributed by atoms with E-state index in [1.54, 1.807) is 23.0 Å². The third kappa shape index (κ3) is 3.30. The van der Waals surface area contributed by atoms with Crippen LogP contribution < -0.4 is 10.6 Å². The largest absolute Gasteiger partial charge is 0.394 e. The van der Waals surface area contributed by atoms with E-state index < -0.39 is 17.5 Å². The molecule has 3 aliphatic rings. The van der Waals surface area contributed by atoms with E-state index in [1.165, 1.54) is 4.90 Å². The molecule has 2 fully saturated rings. The van der Waals surface area contributed by atoms with Crippen molar-refractivity contribution in [2.45, 2.75) is 31.0 Å². The molecule has 5 rings (SSSR count). The van der Waals surface area contributed by atoms with Crippen molar-refractivity contribution in [2.24, 2.45) is 0 Å².